The molecule has 2 rings (SSSR count). The molecule has 0 spiro atoms. The highest BCUT2D eigenvalue weighted by Crippen LogP contribution is 2.30. The summed E-state index contributed by atoms with van der Waals surface area (Å²) in [5.41, 5.74) is 0.774. The van der Waals surface area contributed by atoms with Gasteiger partial charge in [-0.3, -0.25) is 4.79 Å². The summed E-state index contributed by atoms with van der Waals surface area (Å²) in [6.07, 6.45) is 1.58. The van der Waals surface area contributed by atoms with Crippen LogP contribution in [0.4, 0.5) is 0 Å². The van der Waals surface area contributed by atoms with E-state index in [1.807, 2.05) is 6.92 Å². The summed E-state index contributed by atoms with van der Waals surface area (Å²) >= 11 is 1.63. The molecule has 1 aliphatic heterocycles. The van der Waals surface area contributed by atoms with Crippen LogP contribution in [0.1, 0.15) is 23.0 Å². The maximum absolute atomic E-state index is 11.4. The molecule has 1 unspecified atom stereocenters. The lowest BCUT2D eigenvalue weighted by Gasteiger charge is -2.14. The van der Waals surface area contributed by atoms with Crippen LogP contribution in [0.2, 0.25) is 0 Å². The molecule has 1 aromatic heterocycles. The number of carbonyl (C=O) groups excluding carboxylic acids is 1. The standard InChI is InChI=1S/C8H8O2S/c1-5-8(9)6-2-3-10-7(6)4-11-5/h2-3,5H,4H2,1H3. The Balaban J connectivity index is 2.46. The Kier molecular flexibility index (Phi) is 1.53. The summed E-state index contributed by atoms with van der Waals surface area (Å²) in [6, 6.07) is 1.76. The lowest BCUT2D eigenvalue weighted by atomic mass is 10.1. The Morgan fingerprint density at radius 3 is 3.36 bits per heavy atom. The molecular formula is C8H8O2S. The lowest BCUT2D eigenvalue weighted by Crippen LogP contribution is -2.18. The molecular weight excluding hydrogens is 160 g/mol. The zero-order valence-corrected chi connectivity index (χ0v) is 6.98. The summed E-state index contributed by atoms with van der Waals surface area (Å²) < 4.78 is 5.13. The highest BCUT2D eigenvalue weighted by molar-refractivity contribution is 8.00. The van der Waals surface area contributed by atoms with Gasteiger partial charge in [-0.05, 0) is 13.0 Å². The molecule has 0 N–H and O–H groups in total. The van der Waals surface area contributed by atoms with E-state index < -0.39 is 0 Å². The Morgan fingerprint density at radius 1 is 1.73 bits per heavy atom. The number of ketones is 1. The first-order valence-electron chi connectivity index (χ1n) is 3.51. The quantitative estimate of drug-likeness (QED) is 0.594. The molecule has 1 atom stereocenters. The van der Waals surface area contributed by atoms with Gasteiger partial charge in [-0.15, -0.1) is 11.8 Å². The van der Waals surface area contributed by atoms with Crippen LogP contribution in [0.3, 0.4) is 0 Å². The van der Waals surface area contributed by atoms with Crippen molar-refractivity contribution in [2.24, 2.45) is 0 Å². The van der Waals surface area contributed by atoms with Gasteiger partial charge in [0.15, 0.2) is 5.78 Å². The van der Waals surface area contributed by atoms with E-state index >= 15 is 0 Å². The van der Waals surface area contributed by atoms with Gasteiger partial charge in [-0.25, -0.2) is 0 Å². The Bertz CT molecular complexity index is 290. The molecule has 1 aliphatic rings. The van der Waals surface area contributed by atoms with Gasteiger partial charge < -0.3 is 4.42 Å². The van der Waals surface area contributed by atoms with E-state index in [4.69, 9.17) is 4.42 Å². The normalized spacial score (nSPS) is 23.4. The first-order valence-corrected chi connectivity index (χ1v) is 4.56. The number of hydrogen-bond acceptors (Lipinski definition) is 3. The molecule has 0 aliphatic carbocycles. The summed E-state index contributed by atoms with van der Waals surface area (Å²) in [5.74, 6) is 1.86. The molecule has 0 radical (unpaired) electrons. The predicted octanol–water partition coefficient (Wildman–Crippen LogP) is 2.10. The fraction of sp³-hybridized carbons (Fsp3) is 0.375. The lowest BCUT2D eigenvalue weighted by molar-refractivity contribution is 0.0990. The minimum atomic E-state index is 0.0973. The van der Waals surface area contributed by atoms with Gasteiger partial charge in [-0.2, -0.15) is 0 Å². The molecule has 0 aromatic carbocycles. The number of fused-ring (bicyclic) bond motifs is 1. The maximum Gasteiger partial charge on any atom is 0.179 e. The Labute approximate surface area is 69.0 Å². The minimum absolute atomic E-state index is 0.0973. The number of rotatable bonds is 0. The molecule has 0 saturated heterocycles. The van der Waals surface area contributed by atoms with E-state index in [-0.39, 0.29) is 11.0 Å². The van der Waals surface area contributed by atoms with Gasteiger partial charge in [0.2, 0.25) is 0 Å². The van der Waals surface area contributed by atoms with Crippen LogP contribution in [0.5, 0.6) is 0 Å². The molecule has 0 saturated carbocycles. The van der Waals surface area contributed by atoms with Crippen LogP contribution in [0.15, 0.2) is 16.7 Å². The molecule has 0 bridgehead atoms. The van der Waals surface area contributed by atoms with Crippen LogP contribution in [0, 0.1) is 0 Å². The first kappa shape index (κ1) is 6.98. The highest BCUT2D eigenvalue weighted by atomic mass is 32.2. The first-order chi connectivity index (χ1) is 5.29. The maximum atomic E-state index is 11.4. The van der Waals surface area contributed by atoms with Crippen molar-refractivity contribution in [1.82, 2.24) is 0 Å². The van der Waals surface area contributed by atoms with Crippen molar-refractivity contribution in [1.29, 1.82) is 0 Å². The van der Waals surface area contributed by atoms with E-state index in [9.17, 15) is 4.79 Å². The van der Waals surface area contributed by atoms with Gasteiger partial charge in [0.05, 0.1) is 22.8 Å². The van der Waals surface area contributed by atoms with E-state index in [1.165, 1.54) is 0 Å². The fourth-order valence-corrected chi connectivity index (χ4v) is 2.07. The van der Waals surface area contributed by atoms with Crippen LogP contribution in [-0.2, 0) is 5.75 Å². The molecule has 1 aromatic rings. The number of Topliss-reactive ketones (excluding diaryl/α,β-unsaturated/α-hetero) is 1. The van der Waals surface area contributed by atoms with Gasteiger partial charge in [0, 0.05) is 0 Å². The highest BCUT2D eigenvalue weighted by Gasteiger charge is 2.26. The fourth-order valence-electron chi connectivity index (χ4n) is 1.17. The van der Waals surface area contributed by atoms with E-state index in [2.05, 4.69) is 0 Å². The van der Waals surface area contributed by atoms with E-state index in [1.54, 1.807) is 24.1 Å². The topological polar surface area (TPSA) is 30.2 Å². The molecule has 58 valence electrons. The van der Waals surface area contributed by atoms with Gasteiger partial charge in [-0.1, -0.05) is 0 Å². The molecule has 11 heavy (non-hydrogen) atoms. The third-order valence-corrected chi connectivity index (χ3v) is 2.99. The van der Waals surface area contributed by atoms with Gasteiger partial charge in [0.1, 0.15) is 5.76 Å². The third kappa shape index (κ3) is 0.997. The van der Waals surface area contributed by atoms with Crippen molar-refractivity contribution in [3.63, 3.8) is 0 Å². The average molecular weight is 168 g/mol. The number of furan rings is 1. The molecule has 0 fully saturated rings. The van der Waals surface area contributed by atoms with Crippen LogP contribution >= 0.6 is 11.8 Å². The zero-order valence-electron chi connectivity index (χ0n) is 6.16. The van der Waals surface area contributed by atoms with Gasteiger partial charge >= 0.3 is 0 Å². The van der Waals surface area contributed by atoms with Crippen molar-refractivity contribution in [2.45, 2.75) is 17.9 Å². The summed E-state index contributed by atoms with van der Waals surface area (Å²) in [6.45, 7) is 1.93. The van der Waals surface area contributed by atoms with Crippen molar-refractivity contribution in [3.05, 3.63) is 23.7 Å². The number of thioether (sulfide) groups is 1. The minimum Gasteiger partial charge on any atom is -0.468 e. The van der Waals surface area contributed by atoms with Crippen molar-refractivity contribution >= 4 is 17.5 Å². The molecule has 2 nitrogen and oxygen atoms in total. The van der Waals surface area contributed by atoms with Gasteiger partial charge in [0.25, 0.3) is 0 Å². The molecule has 0 amide bonds. The second kappa shape index (κ2) is 2.41. The van der Waals surface area contributed by atoms with E-state index in [0.717, 1.165) is 17.1 Å². The smallest absolute Gasteiger partial charge is 0.179 e. The SMILES string of the molecule is CC1SCc2occc2C1=O. The molecule has 2 heterocycles. The number of carbonyl (C=O) groups is 1. The largest absolute Gasteiger partial charge is 0.468 e. The second-order valence-corrected chi connectivity index (χ2v) is 3.90. The van der Waals surface area contributed by atoms with Crippen LogP contribution in [0.25, 0.3) is 0 Å². The van der Waals surface area contributed by atoms with E-state index in [0.29, 0.717) is 0 Å². The predicted molar refractivity (Wildman–Crippen MR) is 43.8 cm³/mol. The van der Waals surface area contributed by atoms with Crippen molar-refractivity contribution in [3.8, 4) is 0 Å². The van der Waals surface area contributed by atoms with Crippen LogP contribution in [-0.4, -0.2) is 11.0 Å². The zero-order chi connectivity index (χ0) is 7.84. The monoisotopic (exact) mass is 168 g/mol. The third-order valence-electron chi connectivity index (χ3n) is 1.84. The van der Waals surface area contributed by atoms with Crippen LogP contribution < -0.4 is 0 Å². The summed E-state index contributed by atoms with van der Waals surface area (Å²) in [4.78, 5) is 11.4. The average Bonchev–Trinajstić information content (AvgIpc) is 2.45. The van der Waals surface area contributed by atoms with Crippen molar-refractivity contribution < 1.29 is 9.21 Å². The Hall–Kier alpha value is -0.700. The second-order valence-electron chi connectivity index (χ2n) is 2.57. The number of hydrogen-bond donors (Lipinski definition) is 0. The summed E-state index contributed by atoms with van der Waals surface area (Å²) in [7, 11) is 0. The Morgan fingerprint density at radius 2 is 2.55 bits per heavy atom. The summed E-state index contributed by atoms with van der Waals surface area (Å²) in [5, 5.41) is 0.0973. The van der Waals surface area contributed by atoms with Crippen molar-refractivity contribution in [2.75, 3.05) is 0 Å². The molecule has 3 heteroatoms.